The molecular weight excluding hydrogens is 1330 g/mol. The lowest BCUT2D eigenvalue weighted by Gasteiger charge is -2.28. The normalized spacial score (nSPS) is 17.9. The second-order valence-electron chi connectivity index (χ2n) is 21.7. The molecule has 538 valence electrons. The minimum atomic E-state index is -2.09. The minimum absolute atomic E-state index is 0.00265. The summed E-state index contributed by atoms with van der Waals surface area (Å²) in [5, 5.41) is 20.0. The number of thiol groups is 1. The molecule has 2 bridgehead atoms. The Morgan fingerprint density at radius 1 is 0.469 bits per heavy atom. The summed E-state index contributed by atoms with van der Waals surface area (Å²) >= 11 is 4.10. The van der Waals surface area contributed by atoms with Gasteiger partial charge in [-0.15, -0.1) is 23.5 Å². The number of carbonyl (C=O) groups is 9. The number of hydrogen-bond donors (Lipinski definition) is 22. The predicted molar refractivity (Wildman–Crippen MR) is 359 cm³/mol. The molecule has 3 rings (SSSR count). The summed E-state index contributed by atoms with van der Waals surface area (Å²) in [6.07, 6.45) is -1.56. The number of carbonyl (C=O) groups excluding carboxylic acids is 9. The van der Waals surface area contributed by atoms with Crippen molar-refractivity contribution in [3.05, 3.63) is 23.3 Å². The van der Waals surface area contributed by atoms with Crippen LogP contribution in [0.1, 0.15) is 90.9 Å². The van der Waals surface area contributed by atoms with Crippen molar-refractivity contribution >= 4 is 125 Å². The van der Waals surface area contributed by atoms with Crippen LogP contribution in [-0.2, 0) is 43.2 Å². The summed E-state index contributed by atoms with van der Waals surface area (Å²) in [6, 6.07) is -13.2. The molecule has 1 aromatic rings. The maximum Gasteiger partial charge on any atom is 0.244 e. The van der Waals surface area contributed by atoms with Crippen LogP contribution < -0.4 is 116 Å². The largest absolute Gasteiger partial charge is 0.370 e. The highest BCUT2D eigenvalue weighted by molar-refractivity contribution is 7.99. The zero-order chi connectivity index (χ0) is 72.2. The van der Waals surface area contributed by atoms with E-state index in [9.17, 15) is 43.2 Å². The van der Waals surface area contributed by atoms with Crippen LogP contribution in [0.4, 0.5) is 17.6 Å². The van der Waals surface area contributed by atoms with Crippen LogP contribution in [0.3, 0.4) is 0 Å². The number of rotatable bonds is 35. The molecule has 0 radical (unpaired) electrons. The van der Waals surface area contributed by atoms with Crippen molar-refractivity contribution in [2.24, 2.45) is 105 Å². The molecule has 0 saturated heterocycles. The van der Waals surface area contributed by atoms with Crippen LogP contribution in [-0.4, -0.2) is 194 Å². The Morgan fingerprint density at radius 2 is 0.781 bits per heavy atom. The van der Waals surface area contributed by atoms with Gasteiger partial charge in [0.2, 0.25) is 47.3 Å². The Balaban J connectivity index is 2.97. The Hall–Kier alpha value is -9.00. The van der Waals surface area contributed by atoms with E-state index in [1.54, 1.807) is 13.8 Å². The van der Waals surface area contributed by atoms with Gasteiger partial charge in [0.15, 0.2) is 64.8 Å². The number of nitrogens with two attached hydrogens (primary N) is 12. The molecule has 8 atom stereocenters. The van der Waals surface area contributed by atoms with Crippen LogP contribution in [0.15, 0.2) is 39.7 Å². The third-order valence-electron chi connectivity index (χ3n) is 13.6. The molecule has 2 aliphatic heterocycles. The van der Waals surface area contributed by atoms with Gasteiger partial charge in [-0.2, -0.15) is 0 Å². The maximum absolute atomic E-state index is 16.3. The molecule has 2 heterocycles. The molecule has 8 unspecified atom stereocenters. The first-order valence-electron chi connectivity index (χ1n) is 30.0. The Bertz CT molecular complexity index is 2970. The van der Waals surface area contributed by atoms with Crippen molar-refractivity contribution in [3.8, 4) is 0 Å². The number of guanidine groups is 6. The summed E-state index contributed by atoms with van der Waals surface area (Å²) in [6.45, 7) is 2.26. The third kappa shape index (κ3) is 31.5. The van der Waals surface area contributed by atoms with Crippen LogP contribution in [0, 0.1) is 29.2 Å². The SMILES string of the molecule is CC(C)C(=O)CNC(=O)C(CCCN=C(N)N)NC(=O)C(CCCN=C(N)N)NC(=O)C(CCCN=C(N)N)NC(=O)C1CSc2c(F)c(F)c(c(F)c2F)SCC(NS)C(=O)NC(CCCN=C(N)N)C(=O)NC(CCCN=C(N)N)C(=O)NC(CCCN=C(N)N)C(=O)N1. The molecule has 43 heteroatoms. The van der Waals surface area contributed by atoms with Crippen molar-refractivity contribution in [3.63, 3.8) is 0 Å². The molecule has 8 amide bonds. The van der Waals surface area contributed by atoms with Gasteiger partial charge < -0.3 is 111 Å². The molecule has 36 nitrogen and oxygen atoms in total. The van der Waals surface area contributed by atoms with Gasteiger partial charge >= 0.3 is 0 Å². The van der Waals surface area contributed by atoms with Crippen molar-refractivity contribution in [2.45, 2.75) is 149 Å². The fraction of sp³-hybridized carbons (Fsp3) is 0.604. The van der Waals surface area contributed by atoms with Gasteiger partial charge in [0.25, 0.3) is 0 Å². The van der Waals surface area contributed by atoms with E-state index in [1.807, 2.05) is 0 Å². The second-order valence-corrected chi connectivity index (χ2v) is 24.0. The van der Waals surface area contributed by atoms with Crippen LogP contribution in [0.5, 0.6) is 0 Å². The highest BCUT2D eigenvalue weighted by Crippen LogP contribution is 2.37. The smallest absolute Gasteiger partial charge is 0.244 e. The topological polar surface area (TPSA) is 648 Å². The predicted octanol–water partition coefficient (Wildman–Crippen LogP) is -6.70. The highest BCUT2D eigenvalue weighted by Gasteiger charge is 2.37. The summed E-state index contributed by atoms with van der Waals surface area (Å²) in [5.41, 5.74) is 66.3. The number of nitrogens with one attached hydrogen (secondary N) is 9. The van der Waals surface area contributed by atoms with Crippen molar-refractivity contribution < 1.29 is 60.7 Å². The summed E-state index contributed by atoms with van der Waals surface area (Å²) in [5.74, 6) is -20.8. The number of ketones is 1. The molecular formula is C53H91F4N27O9S3. The standard InChI is InChI=1S/C53H91F4N27O9S3/c1-24(2)33(85)21-76-40(86)25(9-3-15-70-48(58)59)77-41(87)26(10-4-16-71-49(60)61)78-43(89)28(12-6-18-73-51(64)65)81-46(92)31-22-95-38-34(54)36(56)39(37(57)35(38)55)96-23-32(84-94)47(93)82-29(13-7-19-74-52(66)67)44(90)79-27(11-5-17-72-50(62)63)42(88)80-30(45(91)83-31)14-8-20-75-53(68)69/h24-32,84,94H,3-23H2,1-2H3,(H,76,86)(H,77,87)(H,78,89)(H,79,90)(H,80,88)(H,81,92)(H,82,93)(H,83,91)(H4,58,59,70)(H4,60,61,71)(H4,62,63,72)(H4,64,65,73)(H4,66,67,74)(H4,68,69,75). The zero-order valence-electron chi connectivity index (χ0n) is 53.1. The van der Waals surface area contributed by atoms with E-state index in [2.05, 4.69) is 90.0 Å². The minimum Gasteiger partial charge on any atom is -0.370 e. The van der Waals surface area contributed by atoms with E-state index in [0.717, 1.165) is 0 Å². The lowest BCUT2D eigenvalue weighted by Crippen LogP contribution is -2.60. The zero-order valence-corrected chi connectivity index (χ0v) is 55.6. The van der Waals surface area contributed by atoms with Gasteiger partial charge in [0.05, 0.1) is 16.3 Å². The van der Waals surface area contributed by atoms with E-state index < -0.39 is 153 Å². The molecule has 96 heavy (non-hydrogen) atoms. The number of halogens is 4. The van der Waals surface area contributed by atoms with E-state index in [4.69, 9.17) is 68.8 Å². The lowest BCUT2D eigenvalue weighted by atomic mass is 10.0. The van der Waals surface area contributed by atoms with Crippen LogP contribution >= 0.6 is 36.3 Å². The van der Waals surface area contributed by atoms with E-state index in [-0.39, 0.29) is 181 Å². The second kappa shape index (κ2) is 43.9. The van der Waals surface area contributed by atoms with E-state index in [0.29, 0.717) is 0 Å². The van der Waals surface area contributed by atoms with E-state index >= 15 is 17.6 Å². The molecule has 0 aromatic heterocycles. The lowest BCUT2D eigenvalue weighted by molar-refractivity contribution is -0.135. The number of hydrogen-bond acceptors (Lipinski definition) is 19. The van der Waals surface area contributed by atoms with E-state index in [1.165, 1.54) is 0 Å². The molecule has 0 aliphatic carbocycles. The van der Waals surface area contributed by atoms with Gasteiger partial charge in [0.1, 0.15) is 48.3 Å². The van der Waals surface area contributed by atoms with Crippen molar-refractivity contribution in [2.75, 3.05) is 57.3 Å². The third-order valence-corrected chi connectivity index (χ3v) is 16.2. The Kier molecular flexibility index (Phi) is 38.0. The first kappa shape index (κ1) is 83.1. The van der Waals surface area contributed by atoms with Crippen LogP contribution in [0.2, 0.25) is 0 Å². The first-order chi connectivity index (χ1) is 45.3. The van der Waals surface area contributed by atoms with Crippen molar-refractivity contribution in [1.82, 2.24) is 47.3 Å². The molecule has 0 fully saturated rings. The van der Waals surface area contributed by atoms with Crippen LogP contribution in [0.25, 0.3) is 0 Å². The van der Waals surface area contributed by atoms with Gasteiger partial charge in [-0.05, 0) is 77.0 Å². The summed E-state index contributed by atoms with van der Waals surface area (Å²) in [7, 11) is 0. The van der Waals surface area contributed by atoms with Crippen molar-refractivity contribution in [1.29, 1.82) is 0 Å². The Labute approximate surface area is 565 Å². The Morgan fingerprint density at radius 3 is 1.12 bits per heavy atom. The number of amides is 8. The maximum atomic E-state index is 16.3. The fourth-order valence-corrected chi connectivity index (χ4v) is 10.9. The summed E-state index contributed by atoms with van der Waals surface area (Å²) < 4.78 is 67.2. The highest BCUT2D eigenvalue weighted by atomic mass is 32.2. The first-order valence-corrected chi connectivity index (χ1v) is 32.5. The number of aliphatic imine (C=N–C) groups is 6. The molecule has 0 spiro atoms. The number of nitrogens with zero attached hydrogens (tertiary/aromatic N) is 6. The average Bonchev–Trinajstić information content (AvgIpc) is 0.815. The molecule has 1 aromatic carbocycles. The number of fused-ring (bicyclic) bond motifs is 18. The van der Waals surface area contributed by atoms with Gasteiger partial charge in [0, 0.05) is 56.7 Å². The molecule has 2 aliphatic rings. The molecule has 0 saturated carbocycles. The molecule has 33 N–H and O–H groups in total. The average molecular weight is 1420 g/mol. The monoisotopic (exact) mass is 1420 g/mol. The fourth-order valence-electron chi connectivity index (χ4n) is 8.57. The van der Waals surface area contributed by atoms with Gasteiger partial charge in [-0.3, -0.25) is 77.8 Å². The number of thioether (sulfide) groups is 2. The number of benzene rings is 1. The van der Waals surface area contributed by atoms with Gasteiger partial charge in [-0.1, -0.05) is 26.7 Å². The number of Topliss-reactive ketones (excluding diaryl/α,β-unsaturated/α-hetero) is 1. The summed E-state index contributed by atoms with van der Waals surface area (Å²) in [4.78, 5) is 149. The quantitative estimate of drug-likeness (QED) is 0.00571. The van der Waals surface area contributed by atoms with Gasteiger partial charge in [-0.25, -0.2) is 17.6 Å².